The smallest absolute Gasteiger partial charge is 0.309 e. The molecule has 1 aromatic heterocycles. The van der Waals surface area contributed by atoms with E-state index in [1.54, 1.807) is 13.1 Å². The number of rotatable bonds is 7. The predicted molar refractivity (Wildman–Crippen MR) is 72.3 cm³/mol. The Morgan fingerprint density at radius 3 is 2.63 bits per heavy atom. The summed E-state index contributed by atoms with van der Waals surface area (Å²) in [5.74, 6) is -0.147. The van der Waals surface area contributed by atoms with Crippen molar-refractivity contribution in [3.05, 3.63) is 30.1 Å². The molecule has 0 spiro atoms. The van der Waals surface area contributed by atoms with Crippen LogP contribution in [0.3, 0.4) is 0 Å². The number of ketones is 1. The quantitative estimate of drug-likeness (QED) is 0.710. The number of carbonyl (C=O) groups excluding carboxylic acids is 2. The van der Waals surface area contributed by atoms with Gasteiger partial charge in [0.05, 0.1) is 11.6 Å². The number of esters is 1. The largest absolute Gasteiger partial charge is 0.459 e. The average Bonchev–Trinajstić information content (AvgIpc) is 2.42. The second kappa shape index (κ2) is 7.67. The van der Waals surface area contributed by atoms with Gasteiger partial charge >= 0.3 is 5.97 Å². The first-order chi connectivity index (χ1) is 9.00. The van der Waals surface area contributed by atoms with Gasteiger partial charge in [0, 0.05) is 12.6 Å². The predicted octanol–water partition coefficient (Wildman–Crippen LogP) is 2.77. The zero-order chi connectivity index (χ0) is 14.3. The number of hydrogen-bond acceptors (Lipinski definition) is 4. The second-order valence-electron chi connectivity index (χ2n) is 4.94. The van der Waals surface area contributed by atoms with Crippen LogP contribution in [0.25, 0.3) is 0 Å². The molecular weight excluding hydrogens is 242 g/mol. The Balaban J connectivity index is 2.38. The Morgan fingerprint density at radius 1 is 1.32 bits per heavy atom. The molecule has 0 fully saturated rings. The Kier molecular flexibility index (Phi) is 6.19. The van der Waals surface area contributed by atoms with Crippen LogP contribution in [0.2, 0.25) is 0 Å². The van der Waals surface area contributed by atoms with Gasteiger partial charge in [-0.3, -0.25) is 9.78 Å². The molecule has 1 rings (SSSR count). The molecule has 19 heavy (non-hydrogen) atoms. The number of pyridine rings is 1. The minimum atomic E-state index is -0.235. The summed E-state index contributed by atoms with van der Waals surface area (Å²) in [6, 6.07) is 5.49. The lowest BCUT2D eigenvalue weighted by Gasteiger charge is -2.18. The van der Waals surface area contributed by atoms with Crippen LogP contribution in [0.1, 0.15) is 39.3 Å². The van der Waals surface area contributed by atoms with Crippen LogP contribution in [-0.2, 0) is 20.9 Å². The van der Waals surface area contributed by atoms with Gasteiger partial charge in [0.2, 0.25) is 0 Å². The van der Waals surface area contributed by atoms with Crippen molar-refractivity contribution >= 4 is 11.8 Å². The number of ether oxygens (including phenoxy) is 1. The molecule has 1 aromatic rings. The molecule has 0 radical (unpaired) electrons. The summed E-state index contributed by atoms with van der Waals surface area (Å²) in [5, 5.41) is 0. The molecule has 0 saturated heterocycles. The fourth-order valence-electron chi connectivity index (χ4n) is 1.67. The van der Waals surface area contributed by atoms with Gasteiger partial charge in [-0.1, -0.05) is 19.9 Å². The van der Waals surface area contributed by atoms with Gasteiger partial charge in [-0.05, 0) is 31.4 Å². The summed E-state index contributed by atoms with van der Waals surface area (Å²) >= 11 is 0. The van der Waals surface area contributed by atoms with E-state index in [4.69, 9.17) is 4.74 Å². The molecule has 1 heterocycles. The van der Waals surface area contributed by atoms with E-state index in [0.717, 1.165) is 12.1 Å². The molecule has 4 nitrogen and oxygen atoms in total. The van der Waals surface area contributed by atoms with E-state index in [1.807, 2.05) is 32.0 Å². The van der Waals surface area contributed by atoms with Crippen LogP contribution < -0.4 is 0 Å². The minimum Gasteiger partial charge on any atom is -0.459 e. The fraction of sp³-hybridized carbons (Fsp3) is 0.533. The second-order valence-corrected chi connectivity index (χ2v) is 4.94. The monoisotopic (exact) mass is 263 g/mol. The van der Waals surface area contributed by atoms with Crippen molar-refractivity contribution in [1.29, 1.82) is 0 Å². The molecule has 2 unspecified atom stereocenters. The summed E-state index contributed by atoms with van der Waals surface area (Å²) < 4.78 is 5.23. The average molecular weight is 263 g/mol. The molecule has 0 N–H and O–H groups in total. The van der Waals surface area contributed by atoms with Gasteiger partial charge in [0.25, 0.3) is 0 Å². The molecular formula is C15H21NO3. The molecule has 0 bridgehead atoms. The zero-order valence-electron chi connectivity index (χ0n) is 11.8. The molecule has 0 aromatic carbocycles. The van der Waals surface area contributed by atoms with E-state index in [2.05, 4.69) is 4.98 Å². The molecule has 0 amide bonds. The number of carbonyl (C=O) groups is 2. The molecule has 0 aliphatic carbocycles. The van der Waals surface area contributed by atoms with Gasteiger partial charge in [0.1, 0.15) is 12.4 Å². The van der Waals surface area contributed by atoms with Crippen LogP contribution >= 0.6 is 0 Å². The maximum Gasteiger partial charge on any atom is 0.309 e. The Hall–Kier alpha value is -1.71. The third kappa shape index (κ3) is 5.64. The highest BCUT2D eigenvalue weighted by atomic mass is 16.5. The van der Waals surface area contributed by atoms with Crippen LogP contribution in [0.4, 0.5) is 0 Å². The fourth-order valence-corrected chi connectivity index (χ4v) is 1.67. The first-order valence-corrected chi connectivity index (χ1v) is 6.56. The SMILES string of the molecule is CC(=O)CCC(C)C(C)C(=O)OCc1ccccn1. The lowest BCUT2D eigenvalue weighted by molar-refractivity contribution is -0.151. The highest BCUT2D eigenvalue weighted by Gasteiger charge is 2.21. The zero-order valence-corrected chi connectivity index (χ0v) is 11.8. The van der Waals surface area contributed by atoms with Crippen molar-refractivity contribution < 1.29 is 14.3 Å². The van der Waals surface area contributed by atoms with E-state index in [9.17, 15) is 9.59 Å². The lowest BCUT2D eigenvalue weighted by Crippen LogP contribution is -2.22. The summed E-state index contributed by atoms with van der Waals surface area (Å²) in [6.45, 7) is 5.57. The lowest BCUT2D eigenvalue weighted by atomic mass is 9.91. The standard InChI is InChI=1S/C15H21NO3/c1-11(7-8-12(2)17)13(3)15(18)19-10-14-6-4-5-9-16-14/h4-6,9,11,13H,7-8,10H2,1-3H3. The Morgan fingerprint density at radius 2 is 2.05 bits per heavy atom. The first-order valence-electron chi connectivity index (χ1n) is 6.56. The highest BCUT2D eigenvalue weighted by molar-refractivity contribution is 5.75. The van der Waals surface area contributed by atoms with Crippen molar-refractivity contribution in [2.24, 2.45) is 11.8 Å². The van der Waals surface area contributed by atoms with Crippen molar-refractivity contribution in [3.8, 4) is 0 Å². The van der Waals surface area contributed by atoms with E-state index >= 15 is 0 Å². The first kappa shape index (κ1) is 15.3. The molecule has 4 heteroatoms. The maximum atomic E-state index is 11.9. The van der Waals surface area contributed by atoms with Crippen LogP contribution in [0, 0.1) is 11.8 Å². The van der Waals surface area contributed by atoms with Crippen LogP contribution in [0.5, 0.6) is 0 Å². The molecule has 0 aliphatic rings. The van der Waals surface area contributed by atoms with Crippen molar-refractivity contribution in [2.45, 2.75) is 40.2 Å². The van der Waals surface area contributed by atoms with Gasteiger partial charge in [0.15, 0.2) is 0 Å². The van der Waals surface area contributed by atoms with Crippen molar-refractivity contribution in [3.63, 3.8) is 0 Å². The highest BCUT2D eigenvalue weighted by Crippen LogP contribution is 2.19. The Labute approximate surface area is 114 Å². The summed E-state index contributed by atoms with van der Waals surface area (Å²) in [7, 11) is 0. The van der Waals surface area contributed by atoms with Gasteiger partial charge in [-0.25, -0.2) is 0 Å². The van der Waals surface area contributed by atoms with Gasteiger partial charge in [-0.2, -0.15) is 0 Å². The Bertz CT molecular complexity index is 417. The van der Waals surface area contributed by atoms with Gasteiger partial charge < -0.3 is 9.53 Å². The molecule has 2 atom stereocenters. The number of Topliss-reactive ketones (excluding diaryl/α,β-unsaturated/α-hetero) is 1. The summed E-state index contributed by atoms with van der Waals surface area (Å²) in [4.78, 5) is 26.9. The van der Waals surface area contributed by atoms with E-state index in [-0.39, 0.29) is 30.2 Å². The number of nitrogens with zero attached hydrogens (tertiary/aromatic N) is 1. The minimum absolute atomic E-state index is 0.139. The summed E-state index contributed by atoms with van der Waals surface area (Å²) in [6.07, 6.45) is 2.90. The third-order valence-electron chi connectivity index (χ3n) is 3.27. The van der Waals surface area contributed by atoms with Crippen molar-refractivity contribution in [2.75, 3.05) is 0 Å². The van der Waals surface area contributed by atoms with Crippen molar-refractivity contribution in [1.82, 2.24) is 4.98 Å². The maximum absolute atomic E-state index is 11.9. The normalized spacial score (nSPS) is 13.6. The topological polar surface area (TPSA) is 56.3 Å². The molecule has 0 saturated carbocycles. The van der Waals surface area contributed by atoms with Crippen LogP contribution in [0.15, 0.2) is 24.4 Å². The molecule has 0 aliphatic heterocycles. The number of hydrogen-bond donors (Lipinski definition) is 0. The van der Waals surface area contributed by atoms with E-state index in [0.29, 0.717) is 6.42 Å². The summed E-state index contributed by atoms with van der Waals surface area (Å²) in [5.41, 5.74) is 0.736. The van der Waals surface area contributed by atoms with Gasteiger partial charge in [-0.15, -0.1) is 0 Å². The molecule has 104 valence electrons. The van der Waals surface area contributed by atoms with Crippen LogP contribution in [-0.4, -0.2) is 16.7 Å². The van der Waals surface area contributed by atoms with E-state index in [1.165, 1.54) is 0 Å². The van der Waals surface area contributed by atoms with E-state index < -0.39 is 0 Å². The number of aromatic nitrogens is 1. The third-order valence-corrected chi connectivity index (χ3v) is 3.27.